The number of rotatable bonds is 4. The summed E-state index contributed by atoms with van der Waals surface area (Å²) in [6, 6.07) is 9.69. The van der Waals surface area contributed by atoms with E-state index in [4.69, 9.17) is 4.74 Å². The van der Waals surface area contributed by atoms with E-state index < -0.39 is 5.92 Å². The normalized spacial score (nSPS) is 12.0. The van der Waals surface area contributed by atoms with Crippen LogP contribution in [0.3, 0.4) is 0 Å². The molecular formula is C15H13N3O. The Morgan fingerprint density at radius 3 is 2.84 bits per heavy atom. The minimum absolute atomic E-state index is 0.439. The molecule has 0 saturated carbocycles. The maximum absolute atomic E-state index is 9.41. The molecule has 4 nitrogen and oxygen atoms in total. The van der Waals surface area contributed by atoms with Gasteiger partial charge < -0.3 is 4.74 Å². The highest BCUT2D eigenvalue weighted by molar-refractivity contribution is 5.54. The SMILES string of the molecule is CO/C=C\c1cccnc1C(C#N)c1cccnc1. The highest BCUT2D eigenvalue weighted by Crippen LogP contribution is 2.25. The van der Waals surface area contributed by atoms with Crippen LogP contribution in [0.1, 0.15) is 22.7 Å². The monoisotopic (exact) mass is 251 g/mol. The summed E-state index contributed by atoms with van der Waals surface area (Å²) in [6.45, 7) is 0. The standard InChI is InChI=1S/C15H13N3O/c1-19-9-6-12-4-3-8-18-15(12)14(10-16)13-5-2-7-17-11-13/h2-9,11,14H,1H3/b9-6-. The zero-order valence-corrected chi connectivity index (χ0v) is 10.5. The van der Waals surface area contributed by atoms with Gasteiger partial charge in [-0.2, -0.15) is 5.26 Å². The molecule has 4 heteroatoms. The van der Waals surface area contributed by atoms with Crippen molar-refractivity contribution in [3.05, 3.63) is 65.9 Å². The van der Waals surface area contributed by atoms with Crippen LogP contribution in [0.25, 0.3) is 6.08 Å². The molecule has 1 unspecified atom stereocenters. The van der Waals surface area contributed by atoms with Crippen LogP contribution >= 0.6 is 0 Å². The first-order valence-electron chi connectivity index (χ1n) is 5.80. The summed E-state index contributed by atoms with van der Waals surface area (Å²) in [5.41, 5.74) is 2.39. The van der Waals surface area contributed by atoms with Crippen LogP contribution in [0.4, 0.5) is 0 Å². The van der Waals surface area contributed by atoms with Crippen molar-refractivity contribution in [2.45, 2.75) is 5.92 Å². The van der Waals surface area contributed by atoms with Crippen molar-refractivity contribution in [2.75, 3.05) is 7.11 Å². The van der Waals surface area contributed by atoms with Crippen molar-refractivity contribution in [3.8, 4) is 6.07 Å². The van der Waals surface area contributed by atoms with Gasteiger partial charge in [-0.1, -0.05) is 12.1 Å². The number of nitriles is 1. The van der Waals surface area contributed by atoms with E-state index in [0.29, 0.717) is 5.69 Å². The van der Waals surface area contributed by atoms with Gasteiger partial charge in [-0.15, -0.1) is 0 Å². The van der Waals surface area contributed by atoms with Crippen LogP contribution in [0, 0.1) is 11.3 Å². The average Bonchev–Trinajstić information content (AvgIpc) is 2.48. The summed E-state index contributed by atoms with van der Waals surface area (Å²) in [4.78, 5) is 8.37. The molecular weight excluding hydrogens is 238 g/mol. The molecule has 19 heavy (non-hydrogen) atoms. The second kappa shape index (κ2) is 6.31. The molecule has 1 atom stereocenters. The predicted octanol–water partition coefficient (Wildman–Crippen LogP) is 2.75. The smallest absolute Gasteiger partial charge is 0.115 e. The molecule has 0 N–H and O–H groups in total. The topological polar surface area (TPSA) is 58.8 Å². The summed E-state index contributed by atoms with van der Waals surface area (Å²) < 4.78 is 4.92. The number of nitrogens with zero attached hydrogens (tertiary/aromatic N) is 3. The fraction of sp³-hybridized carbons (Fsp3) is 0.133. The predicted molar refractivity (Wildman–Crippen MR) is 72.0 cm³/mol. The number of pyridine rings is 2. The number of methoxy groups -OCH3 is 1. The summed E-state index contributed by atoms with van der Waals surface area (Å²) >= 11 is 0. The van der Waals surface area contributed by atoms with Gasteiger partial charge in [0.25, 0.3) is 0 Å². The van der Waals surface area contributed by atoms with Crippen LogP contribution < -0.4 is 0 Å². The van der Waals surface area contributed by atoms with Gasteiger partial charge in [-0.05, 0) is 23.8 Å². The quantitative estimate of drug-likeness (QED) is 0.784. The summed E-state index contributed by atoms with van der Waals surface area (Å²) in [7, 11) is 1.58. The maximum atomic E-state index is 9.41. The van der Waals surface area contributed by atoms with E-state index in [0.717, 1.165) is 11.1 Å². The van der Waals surface area contributed by atoms with Crippen molar-refractivity contribution in [2.24, 2.45) is 0 Å². The first-order valence-corrected chi connectivity index (χ1v) is 5.80. The Balaban J connectivity index is 2.45. The van der Waals surface area contributed by atoms with Gasteiger partial charge in [-0.3, -0.25) is 9.97 Å². The van der Waals surface area contributed by atoms with Gasteiger partial charge in [0.2, 0.25) is 0 Å². The van der Waals surface area contributed by atoms with Crippen molar-refractivity contribution in [1.82, 2.24) is 9.97 Å². The zero-order valence-electron chi connectivity index (χ0n) is 10.5. The van der Waals surface area contributed by atoms with E-state index in [1.807, 2.05) is 24.3 Å². The third-order valence-corrected chi connectivity index (χ3v) is 2.68. The zero-order chi connectivity index (χ0) is 13.5. The molecule has 0 aliphatic rings. The van der Waals surface area contributed by atoms with Gasteiger partial charge >= 0.3 is 0 Å². The van der Waals surface area contributed by atoms with Crippen LogP contribution in [-0.2, 0) is 4.74 Å². The minimum Gasteiger partial charge on any atom is -0.504 e. The Bertz CT molecular complexity index is 602. The molecule has 0 aliphatic carbocycles. The van der Waals surface area contributed by atoms with Crippen LogP contribution in [0.2, 0.25) is 0 Å². The molecule has 2 aromatic heterocycles. The Morgan fingerprint density at radius 2 is 2.16 bits per heavy atom. The maximum Gasteiger partial charge on any atom is 0.115 e. The van der Waals surface area contributed by atoms with E-state index in [-0.39, 0.29) is 0 Å². The lowest BCUT2D eigenvalue weighted by molar-refractivity contribution is 0.341. The molecule has 0 radical (unpaired) electrons. The average molecular weight is 251 g/mol. The van der Waals surface area contributed by atoms with E-state index in [1.54, 1.807) is 38.0 Å². The Kier molecular flexibility index (Phi) is 4.25. The van der Waals surface area contributed by atoms with Gasteiger partial charge in [0, 0.05) is 24.2 Å². The molecule has 0 spiro atoms. The number of aromatic nitrogens is 2. The van der Waals surface area contributed by atoms with Gasteiger partial charge in [-0.25, -0.2) is 0 Å². The lowest BCUT2D eigenvalue weighted by atomic mass is 9.95. The van der Waals surface area contributed by atoms with Crippen LogP contribution in [0.15, 0.2) is 49.1 Å². The second-order valence-corrected chi connectivity index (χ2v) is 3.86. The molecule has 0 aliphatic heterocycles. The molecule has 2 aromatic rings. The van der Waals surface area contributed by atoms with Crippen molar-refractivity contribution in [3.63, 3.8) is 0 Å². The van der Waals surface area contributed by atoms with Gasteiger partial charge in [0.1, 0.15) is 5.92 Å². The van der Waals surface area contributed by atoms with Gasteiger partial charge in [0.15, 0.2) is 0 Å². The largest absolute Gasteiger partial charge is 0.504 e. The minimum atomic E-state index is -0.439. The fourth-order valence-electron chi connectivity index (χ4n) is 1.79. The molecule has 94 valence electrons. The summed E-state index contributed by atoms with van der Waals surface area (Å²) in [6.07, 6.45) is 8.41. The molecule has 0 aromatic carbocycles. The Morgan fingerprint density at radius 1 is 1.32 bits per heavy atom. The fourth-order valence-corrected chi connectivity index (χ4v) is 1.79. The van der Waals surface area contributed by atoms with E-state index in [1.165, 1.54) is 0 Å². The summed E-state index contributed by atoms with van der Waals surface area (Å²) in [5.74, 6) is -0.439. The van der Waals surface area contributed by atoms with Crippen LogP contribution in [-0.4, -0.2) is 17.1 Å². The van der Waals surface area contributed by atoms with Crippen LogP contribution in [0.5, 0.6) is 0 Å². The molecule has 0 saturated heterocycles. The number of hydrogen-bond donors (Lipinski definition) is 0. The number of hydrogen-bond acceptors (Lipinski definition) is 4. The summed E-state index contributed by atoms with van der Waals surface area (Å²) in [5, 5.41) is 9.41. The van der Waals surface area contributed by atoms with Crippen molar-refractivity contribution in [1.29, 1.82) is 5.26 Å². The van der Waals surface area contributed by atoms with Crippen molar-refractivity contribution >= 4 is 6.08 Å². The third kappa shape index (κ3) is 2.96. The highest BCUT2D eigenvalue weighted by atomic mass is 16.5. The number of ether oxygens (including phenoxy) is 1. The Labute approximate surface area is 112 Å². The van der Waals surface area contributed by atoms with Crippen molar-refractivity contribution < 1.29 is 4.74 Å². The lowest BCUT2D eigenvalue weighted by Gasteiger charge is -2.11. The van der Waals surface area contributed by atoms with Gasteiger partial charge in [0.05, 0.1) is 25.1 Å². The molecule has 2 heterocycles. The highest BCUT2D eigenvalue weighted by Gasteiger charge is 2.17. The molecule has 0 bridgehead atoms. The van der Waals surface area contributed by atoms with E-state index in [9.17, 15) is 5.26 Å². The third-order valence-electron chi connectivity index (χ3n) is 2.68. The Hall–Kier alpha value is -2.67. The second-order valence-electron chi connectivity index (χ2n) is 3.86. The lowest BCUT2D eigenvalue weighted by Crippen LogP contribution is -2.03. The molecule has 0 fully saturated rings. The first kappa shape index (κ1) is 12.8. The molecule has 0 amide bonds. The molecule has 2 rings (SSSR count). The van der Waals surface area contributed by atoms with E-state index in [2.05, 4.69) is 16.0 Å². The first-order chi connectivity index (χ1) is 9.36. The van der Waals surface area contributed by atoms with E-state index >= 15 is 0 Å².